The Morgan fingerprint density at radius 1 is 1.06 bits per heavy atom. The molecule has 0 radical (unpaired) electrons. The third-order valence-corrected chi connectivity index (χ3v) is 7.38. The molecule has 0 spiro atoms. The van der Waals surface area contributed by atoms with E-state index in [1.54, 1.807) is 12.1 Å². The van der Waals surface area contributed by atoms with Crippen LogP contribution in [0.3, 0.4) is 0 Å². The highest BCUT2D eigenvalue weighted by Gasteiger charge is 2.37. The number of rotatable bonds is 8. The molecule has 9 heteroatoms. The van der Waals surface area contributed by atoms with Crippen LogP contribution in [0.25, 0.3) is 0 Å². The molecule has 3 rings (SSSR count). The Balaban J connectivity index is 1.77. The van der Waals surface area contributed by atoms with Crippen molar-refractivity contribution in [2.24, 2.45) is 5.92 Å². The Labute approximate surface area is 195 Å². The van der Waals surface area contributed by atoms with E-state index in [1.165, 1.54) is 16.4 Å². The van der Waals surface area contributed by atoms with Crippen molar-refractivity contribution >= 4 is 15.7 Å². The maximum absolute atomic E-state index is 13.5. The highest BCUT2D eigenvalue weighted by Crippen LogP contribution is 2.29. The van der Waals surface area contributed by atoms with Gasteiger partial charge < -0.3 is 24.8 Å². The van der Waals surface area contributed by atoms with Crippen molar-refractivity contribution in [3.63, 3.8) is 0 Å². The zero-order valence-corrected chi connectivity index (χ0v) is 20.2. The summed E-state index contributed by atoms with van der Waals surface area (Å²) in [6.07, 6.45) is -4.54. The molecular formula is C24H33NO7S. The van der Waals surface area contributed by atoms with Crippen LogP contribution in [0.5, 0.6) is 5.75 Å². The Morgan fingerprint density at radius 3 is 2.33 bits per heavy atom. The smallest absolute Gasteiger partial charge is 0.264 e. The van der Waals surface area contributed by atoms with Crippen molar-refractivity contribution in [3.05, 3.63) is 53.6 Å². The van der Waals surface area contributed by atoms with Crippen molar-refractivity contribution in [3.8, 4) is 5.75 Å². The van der Waals surface area contributed by atoms with E-state index in [0.29, 0.717) is 18.0 Å². The Morgan fingerprint density at radius 2 is 1.73 bits per heavy atom. The van der Waals surface area contributed by atoms with Crippen molar-refractivity contribution in [2.75, 3.05) is 24.1 Å². The fourth-order valence-corrected chi connectivity index (χ4v) is 5.46. The molecule has 8 nitrogen and oxygen atoms in total. The molecule has 182 valence electrons. The van der Waals surface area contributed by atoms with E-state index in [-0.39, 0.29) is 24.0 Å². The third kappa shape index (κ3) is 5.85. The standard InChI is InChI=1S/C24H33NO7S/c1-15(2)12-25(20-10-5-16(3)11-17(20)4)33(29,30)19-8-6-18(7-9-19)31-14-22-24(28)23(27)21(26)13-32-22/h5-11,15,21-24,26-28H,12-14H2,1-4H3. The summed E-state index contributed by atoms with van der Waals surface area (Å²) in [7, 11) is -3.81. The molecule has 0 amide bonds. The maximum Gasteiger partial charge on any atom is 0.264 e. The second-order valence-electron chi connectivity index (χ2n) is 8.92. The number of hydrogen-bond donors (Lipinski definition) is 3. The van der Waals surface area contributed by atoms with Crippen LogP contribution in [-0.2, 0) is 14.8 Å². The molecule has 2 aromatic rings. The Kier molecular flexibility index (Phi) is 8.02. The zero-order chi connectivity index (χ0) is 24.3. The first-order valence-corrected chi connectivity index (χ1v) is 12.4. The van der Waals surface area contributed by atoms with Crippen molar-refractivity contribution in [1.29, 1.82) is 0 Å². The third-order valence-electron chi connectivity index (χ3n) is 5.58. The molecule has 33 heavy (non-hydrogen) atoms. The van der Waals surface area contributed by atoms with Gasteiger partial charge in [-0.3, -0.25) is 4.31 Å². The van der Waals surface area contributed by atoms with E-state index in [0.717, 1.165) is 11.1 Å². The monoisotopic (exact) mass is 479 g/mol. The second kappa shape index (κ2) is 10.4. The number of aliphatic hydroxyl groups excluding tert-OH is 3. The number of aliphatic hydroxyl groups is 3. The van der Waals surface area contributed by atoms with Gasteiger partial charge >= 0.3 is 0 Å². The van der Waals surface area contributed by atoms with E-state index in [9.17, 15) is 23.7 Å². The number of ether oxygens (including phenoxy) is 2. The van der Waals surface area contributed by atoms with E-state index in [1.807, 2.05) is 45.9 Å². The van der Waals surface area contributed by atoms with Crippen LogP contribution >= 0.6 is 0 Å². The van der Waals surface area contributed by atoms with Crippen molar-refractivity contribution in [1.82, 2.24) is 0 Å². The van der Waals surface area contributed by atoms with E-state index in [2.05, 4.69) is 0 Å². The Bertz CT molecular complexity index is 1040. The Hall–Kier alpha value is -2.17. The molecule has 4 atom stereocenters. The minimum atomic E-state index is -3.81. The number of sulfonamides is 1. The van der Waals surface area contributed by atoms with Gasteiger partial charge in [0.2, 0.25) is 0 Å². The first-order chi connectivity index (χ1) is 15.5. The van der Waals surface area contributed by atoms with Gasteiger partial charge in [-0.25, -0.2) is 8.42 Å². The van der Waals surface area contributed by atoms with Gasteiger partial charge in [0, 0.05) is 6.54 Å². The second-order valence-corrected chi connectivity index (χ2v) is 10.8. The molecular weight excluding hydrogens is 446 g/mol. The molecule has 1 aliphatic rings. The van der Waals surface area contributed by atoms with E-state index >= 15 is 0 Å². The first kappa shape index (κ1) is 25.5. The highest BCUT2D eigenvalue weighted by molar-refractivity contribution is 7.92. The quantitative estimate of drug-likeness (QED) is 0.530. The van der Waals surface area contributed by atoms with Crippen LogP contribution in [0.15, 0.2) is 47.4 Å². The van der Waals surface area contributed by atoms with Gasteiger partial charge in [-0.1, -0.05) is 31.5 Å². The topological polar surface area (TPSA) is 117 Å². The lowest BCUT2D eigenvalue weighted by Crippen LogP contribution is -2.54. The minimum absolute atomic E-state index is 0.0565. The molecule has 3 N–H and O–H groups in total. The molecule has 0 bridgehead atoms. The van der Waals surface area contributed by atoms with Gasteiger partial charge in [0.15, 0.2) is 0 Å². The van der Waals surface area contributed by atoms with Crippen molar-refractivity contribution < 1.29 is 33.2 Å². The average Bonchev–Trinajstić information content (AvgIpc) is 2.76. The summed E-state index contributed by atoms with van der Waals surface area (Å²) in [5, 5.41) is 29.3. The van der Waals surface area contributed by atoms with Gasteiger partial charge in [0.25, 0.3) is 10.0 Å². The molecule has 4 unspecified atom stereocenters. The van der Waals surface area contributed by atoms with Gasteiger partial charge in [0.1, 0.15) is 36.8 Å². The van der Waals surface area contributed by atoms with Crippen LogP contribution < -0.4 is 9.04 Å². The van der Waals surface area contributed by atoms with Crippen LogP contribution in [0.4, 0.5) is 5.69 Å². The van der Waals surface area contributed by atoms with Crippen LogP contribution in [0.2, 0.25) is 0 Å². The minimum Gasteiger partial charge on any atom is -0.491 e. The average molecular weight is 480 g/mol. The van der Waals surface area contributed by atoms with Crippen LogP contribution in [0.1, 0.15) is 25.0 Å². The number of hydrogen-bond acceptors (Lipinski definition) is 7. The fraction of sp³-hybridized carbons (Fsp3) is 0.500. The normalized spacial score (nSPS) is 23.5. The van der Waals surface area contributed by atoms with Gasteiger partial charge in [-0.05, 0) is 55.7 Å². The molecule has 1 aliphatic heterocycles. The van der Waals surface area contributed by atoms with Crippen LogP contribution in [0, 0.1) is 19.8 Å². The highest BCUT2D eigenvalue weighted by atomic mass is 32.2. The summed E-state index contributed by atoms with van der Waals surface area (Å²) in [6, 6.07) is 11.8. The molecule has 0 saturated carbocycles. The molecule has 1 fully saturated rings. The summed E-state index contributed by atoms with van der Waals surface area (Å²) >= 11 is 0. The van der Waals surface area contributed by atoms with Crippen molar-refractivity contribution in [2.45, 2.75) is 57.0 Å². The molecule has 1 saturated heterocycles. The maximum atomic E-state index is 13.5. The molecule has 0 aromatic heterocycles. The number of nitrogens with zero attached hydrogens (tertiary/aromatic N) is 1. The SMILES string of the molecule is Cc1ccc(N(CC(C)C)S(=O)(=O)c2ccc(OCC3OCC(O)C(O)C3O)cc2)c(C)c1. The largest absolute Gasteiger partial charge is 0.491 e. The zero-order valence-electron chi connectivity index (χ0n) is 19.4. The first-order valence-electron chi connectivity index (χ1n) is 11.0. The van der Waals surface area contributed by atoms with Gasteiger partial charge in [-0.15, -0.1) is 0 Å². The van der Waals surface area contributed by atoms with Crippen LogP contribution in [-0.4, -0.2) is 67.9 Å². The summed E-state index contributed by atoms with van der Waals surface area (Å²) < 4.78 is 39.4. The van der Waals surface area contributed by atoms with Gasteiger partial charge in [0.05, 0.1) is 17.2 Å². The predicted octanol–water partition coefficient (Wildman–Crippen LogP) is 2.02. The molecule has 0 aliphatic carbocycles. The molecule has 2 aromatic carbocycles. The summed E-state index contributed by atoms with van der Waals surface area (Å²) in [4.78, 5) is 0.142. The summed E-state index contributed by atoms with van der Waals surface area (Å²) in [5.41, 5.74) is 2.60. The number of benzene rings is 2. The fourth-order valence-electron chi connectivity index (χ4n) is 3.77. The lowest BCUT2D eigenvalue weighted by atomic mass is 10.0. The predicted molar refractivity (Wildman–Crippen MR) is 125 cm³/mol. The summed E-state index contributed by atoms with van der Waals surface area (Å²) in [5.74, 6) is 0.520. The summed E-state index contributed by atoms with van der Waals surface area (Å²) in [6.45, 7) is 8.00. The number of aryl methyl sites for hydroxylation is 2. The van der Waals surface area contributed by atoms with E-state index in [4.69, 9.17) is 9.47 Å². The van der Waals surface area contributed by atoms with Gasteiger partial charge in [-0.2, -0.15) is 0 Å². The lowest BCUT2D eigenvalue weighted by molar-refractivity contribution is -0.193. The number of anilines is 1. The van der Waals surface area contributed by atoms with E-state index < -0.39 is 34.4 Å². The molecule has 1 heterocycles. The lowest BCUT2D eigenvalue weighted by Gasteiger charge is -2.35.